The Morgan fingerprint density at radius 3 is 2.90 bits per heavy atom. The van der Waals surface area contributed by atoms with E-state index in [1.165, 1.54) is 6.42 Å². The number of nitrogens with two attached hydrogens (primary N) is 1. The van der Waals surface area contributed by atoms with E-state index in [2.05, 4.69) is 24.0 Å². The Morgan fingerprint density at radius 2 is 2.24 bits per heavy atom. The topological polar surface area (TPSA) is 51.6 Å². The second kappa shape index (κ2) is 6.60. The lowest BCUT2D eigenvalue weighted by atomic mass is 10.1. The van der Waals surface area contributed by atoms with Gasteiger partial charge in [0.2, 0.25) is 0 Å². The number of hydrogen-bond donors (Lipinski definition) is 1. The summed E-state index contributed by atoms with van der Waals surface area (Å²) >= 11 is 0. The van der Waals surface area contributed by atoms with Crippen molar-refractivity contribution in [1.82, 2.24) is 4.90 Å². The van der Waals surface area contributed by atoms with Gasteiger partial charge in [0.1, 0.15) is 11.3 Å². The van der Waals surface area contributed by atoms with Crippen LogP contribution < -0.4 is 5.73 Å². The third-order valence-corrected chi connectivity index (χ3v) is 4.31. The molecule has 2 N–H and O–H groups in total. The normalized spacial score (nSPS) is 20.4. The molecule has 0 aliphatic carbocycles. The highest BCUT2D eigenvalue weighted by Crippen LogP contribution is 2.28. The summed E-state index contributed by atoms with van der Waals surface area (Å²) in [4.78, 5) is 2.37. The number of furan rings is 1. The molecule has 0 spiro atoms. The Kier molecular flexibility index (Phi) is 4.58. The van der Waals surface area contributed by atoms with Crippen molar-refractivity contribution in [1.29, 1.82) is 0 Å². The monoisotopic (exact) mass is 288 g/mol. The first-order chi connectivity index (χ1) is 10.3. The first-order valence-corrected chi connectivity index (χ1v) is 7.86. The van der Waals surface area contributed by atoms with Crippen LogP contribution in [-0.4, -0.2) is 37.2 Å². The SMILES string of the molecule is CCN(CC1CCCO1)C(CN)c1cc2ccccc2o1. The molecule has 3 rings (SSSR count). The molecule has 4 nitrogen and oxygen atoms in total. The molecule has 0 radical (unpaired) electrons. The highest BCUT2D eigenvalue weighted by molar-refractivity contribution is 5.77. The molecule has 21 heavy (non-hydrogen) atoms. The van der Waals surface area contributed by atoms with Crippen LogP contribution in [0.4, 0.5) is 0 Å². The molecule has 2 aromatic rings. The summed E-state index contributed by atoms with van der Waals surface area (Å²) in [5, 5.41) is 1.14. The Bertz CT molecular complexity index is 542. The third-order valence-electron chi connectivity index (χ3n) is 4.31. The molecule has 1 aliphatic rings. The van der Waals surface area contributed by atoms with Gasteiger partial charge in [0.25, 0.3) is 0 Å². The summed E-state index contributed by atoms with van der Waals surface area (Å²) in [5.74, 6) is 0.957. The quantitative estimate of drug-likeness (QED) is 0.888. The van der Waals surface area contributed by atoms with Crippen LogP contribution in [-0.2, 0) is 4.74 Å². The number of fused-ring (bicyclic) bond motifs is 1. The predicted octanol–water partition coefficient (Wildman–Crippen LogP) is 2.93. The van der Waals surface area contributed by atoms with Crippen molar-refractivity contribution < 1.29 is 9.15 Å². The van der Waals surface area contributed by atoms with Crippen molar-refractivity contribution in [2.75, 3.05) is 26.2 Å². The second-order valence-corrected chi connectivity index (χ2v) is 5.66. The van der Waals surface area contributed by atoms with Gasteiger partial charge in [-0.1, -0.05) is 25.1 Å². The molecule has 2 atom stereocenters. The van der Waals surface area contributed by atoms with Crippen LogP contribution in [0.3, 0.4) is 0 Å². The zero-order valence-corrected chi connectivity index (χ0v) is 12.6. The van der Waals surface area contributed by atoms with Gasteiger partial charge in [0.15, 0.2) is 0 Å². The van der Waals surface area contributed by atoms with Crippen LogP contribution >= 0.6 is 0 Å². The van der Waals surface area contributed by atoms with Gasteiger partial charge in [-0.2, -0.15) is 0 Å². The summed E-state index contributed by atoms with van der Waals surface area (Å²) in [5.41, 5.74) is 6.96. The zero-order chi connectivity index (χ0) is 14.7. The maximum Gasteiger partial charge on any atom is 0.134 e. The molecular weight excluding hydrogens is 264 g/mol. The first kappa shape index (κ1) is 14.6. The summed E-state index contributed by atoms with van der Waals surface area (Å²) in [7, 11) is 0. The van der Waals surface area contributed by atoms with Crippen molar-refractivity contribution in [3.8, 4) is 0 Å². The smallest absolute Gasteiger partial charge is 0.134 e. The van der Waals surface area contributed by atoms with Crippen molar-refractivity contribution in [2.45, 2.75) is 31.9 Å². The number of para-hydroxylation sites is 1. The largest absolute Gasteiger partial charge is 0.459 e. The minimum absolute atomic E-state index is 0.117. The third kappa shape index (κ3) is 3.12. The summed E-state index contributed by atoms with van der Waals surface area (Å²) in [6.07, 6.45) is 2.65. The van der Waals surface area contributed by atoms with Crippen LogP contribution in [0.2, 0.25) is 0 Å². The number of nitrogens with zero attached hydrogens (tertiary/aromatic N) is 1. The van der Waals surface area contributed by atoms with E-state index in [9.17, 15) is 0 Å². The van der Waals surface area contributed by atoms with Gasteiger partial charge in [0.05, 0.1) is 12.1 Å². The lowest BCUT2D eigenvalue weighted by Gasteiger charge is -2.30. The van der Waals surface area contributed by atoms with Gasteiger partial charge in [0, 0.05) is 25.1 Å². The molecule has 0 saturated carbocycles. The molecule has 1 fully saturated rings. The molecule has 2 unspecified atom stereocenters. The molecular formula is C17H24N2O2. The van der Waals surface area contributed by atoms with Crippen LogP contribution in [0.1, 0.15) is 31.6 Å². The summed E-state index contributed by atoms with van der Waals surface area (Å²) in [6.45, 7) is 5.48. The molecule has 0 amide bonds. The first-order valence-electron chi connectivity index (χ1n) is 7.86. The van der Waals surface area contributed by atoms with Crippen LogP contribution in [0.25, 0.3) is 11.0 Å². The minimum atomic E-state index is 0.117. The van der Waals surface area contributed by atoms with Crippen LogP contribution in [0.5, 0.6) is 0 Å². The average Bonchev–Trinajstić information content (AvgIpc) is 3.15. The molecule has 2 heterocycles. The van der Waals surface area contributed by atoms with E-state index in [0.717, 1.165) is 42.8 Å². The van der Waals surface area contributed by atoms with Crippen molar-refractivity contribution >= 4 is 11.0 Å². The van der Waals surface area contributed by atoms with Gasteiger partial charge in [-0.25, -0.2) is 0 Å². The summed E-state index contributed by atoms with van der Waals surface area (Å²) in [6, 6.07) is 10.3. The Labute approximate surface area is 125 Å². The zero-order valence-electron chi connectivity index (χ0n) is 12.6. The Morgan fingerprint density at radius 1 is 1.38 bits per heavy atom. The van der Waals surface area contributed by atoms with Gasteiger partial charge in [-0.15, -0.1) is 0 Å². The van der Waals surface area contributed by atoms with Crippen LogP contribution in [0, 0.1) is 0 Å². The van der Waals surface area contributed by atoms with Crippen molar-refractivity contribution in [3.63, 3.8) is 0 Å². The second-order valence-electron chi connectivity index (χ2n) is 5.66. The number of ether oxygens (including phenoxy) is 1. The standard InChI is InChI=1S/C17H24N2O2/c1-2-19(12-14-7-5-9-20-14)15(11-18)17-10-13-6-3-4-8-16(13)21-17/h3-4,6,8,10,14-15H,2,5,7,9,11-12,18H2,1H3. The number of rotatable bonds is 6. The highest BCUT2D eigenvalue weighted by atomic mass is 16.5. The number of benzene rings is 1. The van der Waals surface area contributed by atoms with Gasteiger partial charge in [-0.05, 0) is 31.5 Å². The predicted molar refractivity (Wildman–Crippen MR) is 84.2 cm³/mol. The van der Waals surface area contributed by atoms with E-state index in [1.807, 2.05) is 18.2 Å². The van der Waals surface area contributed by atoms with E-state index in [4.69, 9.17) is 14.9 Å². The average molecular weight is 288 g/mol. The molecule has 1 aromatic heterocycles. The van der Waals surface area contributed by atoms with E-state index >= 15 is 0 Å². The van der Waals surface area contributed by atoms with Gasteiger partial charge >= 0.3 is 0 Å². The number of likely N-dealkylation sites (N-methyl/N-ethyl adjacent to an activating group) is 1. The highest BCUT2D eigenvalue weighted by Gasteiger charge is 2.26. The van der Waals surface area contributed by atoms with E-state index in [0.29, 0.717) is 12.6 Å². The molecule has 114 valence electrons. The lowest BCUT2D eigenvalue weighted by molar-refractivity contribution is 0.0565. The van der Waals surface area contributed by atoms with Gasteiger partial charge < -0.3 is 14.9 Å². The fourth-order valence-electron chi connectivity index (χ4n) is 3.14. The minimum Gasteiger partial charge on any atom is -0.459 e. The maximum absolute atomic E-state index is 6.03. The molecule has 1 saturated heterocycles. The van der Waals surface area contributed by atoms with Crippen molar-refractivity contribution in [3.05, 3.63) is 36.1 Å². The van der Waals surface area contributed by atoms with E-state index < -0.39 is 0 Å². The Balaban J connectivity index is 1.80. The molecule has 0 bridgehead atoms. The Hall–Kier alpha value is -1.36. The number of hydrogen-bond acceptors (Lipinski definition) is 4. The molecule has 1 aromatic carbocycles. The van der Waals surface area contributed by atoms with Crippen LogP contribution in [0.15, 0.2) is 34.7 Å². The molecule has 1 aliphatic heterocycles. The van der Waals surface area contributed by atoms with Crippen molar-refractivity contribution in [2.24, 2.45) is 5.73 Å². The summed E-state index contributed by atoms with van der Waals surface area (Å²) < 4.78 is 11.8. The fourth-order valence-corrected chi connectivity index (χ4v) is 3.14. The van der Waals surface area contributed by atoms with Gasteiger partial charge in [-0.3, -0.25) is 4.90 Å². The molecule has 4 heteroatoms. The van der Waals surface area contributed by atoms with E-state index in [1.54, 1.807) is 0 Å². The maximum atomic E-state index is 6.03. The van der Waals surface area contributed by atoms with E-state index in [-0.39, 0.29) is 6.04 Å². The fraction of sp³-hybridized carbons (Fsp3) is 0.529. The lowest BCUT2D eigenvalue weighted by Crippen LogP contribution is -2.38.